The topological polar surface area (TPSA) is 26.0 Å². The summed E-state index contributed by atoms with van der Waals surface area (Å²) in [5.41, 5.74) is 7.51. The molecule has 0 radical (unpaired) electrons. The van der Waals surface area contributed by atoms with E-state index in [0.29, 0.717) is 11.2 Å². The van der Waals surface area contributed by atoms with Gasteiger partial charge in [0.2, 0.25) is 0 Å². The monoisotopic (exact) mass is 251 g/mol. The number of hydrogen-bond donors (Lipinski definition) is 1. The van der Waals surface area contributed by atoms with Gasteiger partial charge in [0, 0.05) is 16.7 Å². The van der Waals surface area contributed by atoms with E-state index in [9.17, 15) is 0 Å². The molecule has 0 saturated heterocycles. The summed E-state index contributed by atoms with van der Waals surface area (Å²) in [6.07, 6.45) is 0. The maximum absolute atomic E-state index is 5.86. The van der Waals surface area contributed by atoms with Gasteiger partial charge in [-0.05, 0) is 29.0 Å². The van der Waals surface area contributed by atoms with Crippen LogP contribution in [0.15, 0.2) is 29.2 Å². The highest BCUT2D eigenvalue weighted by atomic mass is 32.2. The molecule has 1 nitrogen and oxygen atoms in total. The molecule has 1 rings (SSSR count). The molecule has 0 aliphatic carbocycles. The highest BCUT2D eigenvalue weighted by molar-refractivity contribution is 8.00. The predicted molar refractivity (Wildman–Crippen MR) is 78.7 cm³/mol. The molecule has 0 aromatic heterocycles. The number of benzene rings is 1. The number of hydrogen-bond acceptors (Lipinski definition) is 2. The van der Waals surface area contributed by atoms with Crippen molar-refractivity contribution in [2.24, 2.45) is 11.1 Å². The van der Waals surface area contributed by atoms with Crippen molar-refractivity contribution in [1.82, 2.24) is 0 Å². The summed E-state index contributed by atoms with van der Waals surface area (Å²) in [4.78, 5) is 1.32. The van der Waals surface area contributed by atoms with Gasteiger partial charge in [0.25, 0.3) is 0 Å². The standard InChI is InChI=1S/C15H25NS/c1-11(2)12-6-8-13(9-7-12)17-14(10-16)15(3,4)5/h6-9,11,14H,10,16H2,1-5H3. The molecule has 0 spiro atoms. The van der Waals surface area contributed by atoms with Crippen LogP contribution in [0.3, 0.4) is 0 Å². The highest BCUT2D eigenvalue weighted by Crippen LogP contribution is 2.35. The van der Waals surface area contributed by atoms with E-state index >= 15 is 0 Å². The third kappa shape index (κ3) is 4.36. The van der Waals surface area contributed by atoms with Gasteiger partial charge in [-0.3, -0.25) is 0 Å². The molecule has 2 heteroatoms. The van der Waals surface area contributed by atoms with Crippen molar-refractivity contribution < 1.29 is 0 Å². The Kier molecular flexibility index (Phi) is 5.08. The molecule has 0 fully saturated rings. The molecule has 0 heterocycles. The minimum Gasteiger partial charge on any atom is -0.329 e. The second kappa shape index (κ2) is 5.92. The lowest BCUT2D eigenvalue weighted by molar-refractivity contribution is 0.398. The fraction of sp³-hybridized carbons (Fsp3) is 0.600. The molecule has 1 unspecified atom stereocenters. The summed E-state index contributed by atoms with van der Waals surface area (Å²) >= 11 is 1.89. The average Bonchev–Trinajstić information content (AvgIpc) is 2.24. The first-order chi connectivity index (χ1) is 7.84. The lowest BCUT2D eigenvalue weighted by Gasteiger charge is -2.29. The second-order valence-corrected chi connectivity index (χ2v) is 7.21. The van der Waals surface area contributed by atoms with Crippen LogP contribution in [0.2, 0.25) is 0 Å². The van der Waals surface area contributed by atoms with Crippen molar-refractivity contribution in [3.63, 3.8) is 0 Å². The van der Waals surface area contributed by atoms with Crippen LogP contribution in [-0.4, -0.2) is 11.8 Å². The Morgan fingerprint density at radius 3 is 2.00 bits per heavy atom. The number of nitrogens with two attached hydrogens (primary N) is 1. The molecule has 96 valence electrons. The molecule has 0 aliphatic rings. The molecule has 1 atom stereocenters. The van der Waals surface area contributed by atoms with Crippen molar-refractivity contribution in [3.05, 3.63) is 29.8 Å². The van der Waals surface area contributed by atoms with E-state index in [1.54, 1.807) is 0 Å². The van der Waals surface area contributed by atoms with E-state index in [-0.39, 0.29) is 5.41 Å². The van der Waals surface area contributed by atoms with E-state index in [1.807, 2.05) is 11.8 Å². The summed E-state index contributed by atoms with van der Waals surface area (Å²) in [6.45, 7) is 11.9. The fourth-order valence-corrected chi connectivity index (χ4v) is 2.75. The summed E-state index contributed by atoms with van der Waals surface area (Å²) in [5.74, 6) is 0.599. The predicted octanol–water partition coefficient (Wildman–Crippen LogP) is 4.28. The molecular weight excluding hydrogens is 226 g/mol. The Morgan fingerprint density at radius 2 is 1.65 bits per heavy atom. The van der Waals surface area contributed by atoms with Crippen molar-refractivity contribution in [1.29, 1.82) is 0 Å². The van der Waals surface area contributed by atoms with Gasteiger partial charge in [-0.2, -0.15) is 0 Å². The van der Waals surface area contributed by atoms with Crippen molar-refractivity contribution in [3.8, 4) is 0 Å². The number of thioether (sulfide) groups is 1. The van der Waals surface area contributed by atoms with Crippen LogP contribution in [0.1, 0.15) is 46.1 Å². The maximum atomic E-state index is 5.86. The summed E-state index contributed by atoms with van der Waals surface area (Å²) in [5, 5.41) is 0.465. The molecule has 17 heavy (non-hydrogen) atoms. The summed E-state index contributed by atoms with van der Waals surface area (Å²) < 4.78 is 0. The van der Waals surface area contributed by atoms with Gasteiger partial charge in [0.1, 0.15) is 0 Å². The Labute approximate surface area is 110 Å². The van der Waals surface area contributed by atoms with E-state index in [0.717, 1.165) is 6.54 Å². The van der Waals surface area contributed by atoms with Crippen LogP contribution in [0.25, 0.3) is 0 Å². The molecular formula is C15H25NS. The van der Waals surface area contributed by atoms with Crippen LogP contribution < -0.4 is 5.73 Å². The van der Waals surface area contributed by atoms with Gasteiger partial charge in [0.05, 0.1) is 0 Å². The van der Waals surface area contributed by atoms with Crippen LogP contribution in [0.5, 0.6) is 0 Å². The van der Waals surface area contributed by atoms with Gasteiger partial charge in [-0.15, -0.1) is 11.8 Å². The van der Waals surface area contributed by atoms with Gasteiger partial charge >= 0.3 is 0 Å². The molecule has 2 N–H and O–H groups in total. The highest BCUT2D eigenvalue weighted by Gasteiger charge is 2.24. The zero-order valence-electron chi connectivity index (χ0n) is 11.7. The Hall–Kier alpha value is -0.470. The minimum atomic E-state index is 0.246. The Bertz CT molecular complexity index is 335. The van der Waals surface area contributed by atoms with Crippen LogP contribution in [0.4, 0.5) is 0 Å². The van der Waals surface area contributed by atoms with Crippen LogP contribution in [0, 0.1) is 5.41 Å². The molecule has 0 aliphatic heterocycles. The third-order valence-electron chi connectivity index (χ3n) is 3.01. The largest absolute Gasteiger partial charge is 0.329 e. The van der Waals surface area contributed by atoms with E-state index in [4.69, 9.17) is 5.73 Å². The summed E-state index contributed by atoms with van der Waals surface area (Å²) in [6, 6.07) is 8.88. The molecule has 1 aromatic carbocycles. The van der Waals surface area contributed by atoms with Gasteiger partial charge < -0.3 is 5.73 Å². The SMILES string of the molecule is CC(C)c1ccc(SC(CN)C(C)(C)C)cc1. The first-order valence-electron chi connectivity index (χ1n) is 6.31. The van der Waals surface area contributed by atoms with Gasteiger partial charge in [-0.1, -0.05) is 46.8 Å². The van der Waals surface area contributed by atoms with Crippen LogP contribution in [-0.2, 0) is 0 Å². The quantitative estimate of drug-likeness (QED) is 0.808. The minimum absolute atomic E-state index is 0.246. The Balaban J connectivity index is 2.74. The smallest absolute Gasteiger partial charge is 0.0265 e. The number of rotatable bonds is 4. The normalized spacial score (nSPS) is 14.1. The van der Waals surface area contributed by atoms with E-state index in [1.165, 1.54) is 10.5 Å². The van der Waals surface area contributed by atoms with Crippen molar-refractivity contribution in [2.45, 2.75) is 50.7 Å². The molecule has 1 aromatic rings. The van der Waals surface area contributed by atoms with Gasteiger partial charge in [-0.25, -0.2) is 0 Å². The van der Waals surface area contributed by atoms with Crippen LogP contribution >= 0.6 is 11.8 Å². The summed E-state index contributed by atoms with van der Waals surface area (Å²) in [7, 11) is 0. The third-order valence-corrected chi connectivity index (χ3v) is 4.73. The van der Waals surface area contributed by atoms with Gasteiger partial charge in [0.15, 0.2) is 0 Å². The second-order valence-electron chi connectivity index (χ2n) is 5.93. The lowest BCUT2D eigenvalue weighted by Crippen LogP contribution is -2.30. The van der Waals surface area contributed by atoms with Crippen molar-refractivity contribution in [2.75, 3.05) is 6.54 Å². The first kappa shape index (κ1) is 14.6. The zero-order valence-corrected chi connectivity index (χ0v) is 12.5. The molecule has 0 amide bonds. The maximum Gasteiger partial charge on any atom is 0.0265 e. The Morgan fingerprint density at radius 1 is 1.12 bits per heavy atom. The molecule has 0 saturated carbocycles. The lowest BCUT2D eigenvalue weighted by atomic mass is 9.92. The molecule has 0 bridgehead atoms. The van der Waals surface area contributed by atoms with E-state index in [2.05, 4.69) is 58.9 Å². The zero-order chi connectivity index (χ0) is 13.1. The van der Waals surface area contributed by atoms with E-state index < -0.39 is 0 Å². The average molecular weight is 251 g/mol. The first-order valence-corrected chi connectivity index (χ1v) is 7.19. The van der Waals surface area contributed by atoms with Crippen molar-refractivity contribution >= 4 is 11.8 Å². The fourth-order valence-electron chi connectivity index (χ4n) is 1.67.